The number of esters is 2. The molecule has 0 aromatic rings. The zero-order valence-electron chi connectivity index (χ0n) is 38.5. The lowest BCUT2D eigenvalue weighted by Gasteiger charge is -2.24. The molecule has 2 atom stereocenters. The van der Waals surface area contributed by atoms with Gasteiger partial charge in [-0.25, -0.2) is 4.57 Å². The first-order chi connectivity index (χ1) is 28.5. The molecule has 1 unspecified atom stereocenters. The SMILES string of the molecule is CC/C=C/C/C=C/C/C=C/C/C=C/C/C=C/CCCCCC(=O)OC[C@H](COP(=O)(O)OCC[N+](C)(C)C)OC(=O)CCCCCCCCCCCCCCCCCC. The van der Waals surface area contributed by atoms with Crippen LogP contribution in [0.25, 0.3) is 0 Å². The van der Waals surface area contributed by atoms with E-state index in [0.717, 1.165) is 64.2 Å². The Kier molecular flexibility index (Phi) is 39.5. The fraction of sp³-hybridized carbons (Fsp3) is 0.755. The zero-order chi connectivity index (χ0) is 43.6. The number of quaternary nitrogens is 1. The fourth-order valence-electron chi connectivity index (χ4n) is 6.16. The highest BCUT2D eigenvalue weighted by atomic mass is 31.2. The van der Waals surface area contributed by atoms with Crippen molar-refractivity contribution < 1.29 is 42.1 Å². The summed E-state index contributed by atoms with van der Waals surface area (Å²) in [7, 11) is 1.45. The molecule has 0 amide bonds. The molecule has 0 aliphatic rings. The molecule has 0 fully saturated rings. The summed E-state index contributed by atoms with van der Waals surface area (Å²) >= 11 is 0. The topological polar surface area (TPSA) is 108 Å². The van der Waals surface area contributed by atoms with Crippen molar-refractivity contribution >= 4 is 19.8 Å². The number of hydrogen-bond donors (Lipinski definition) is 1. The van der Waals surface area contributed by atoms with Crippen molar-refractivity contribution in [2.24, 2.45) is 0 Å². The Labute approximate surface area is 362 Å². The standard InChI is InChI=1S/C49H88NO8P/c1-6-8-10-12-14-16-18-20-22-24-25-26-28-29-31-33-35-37-39-41-48(51)55-45-47(46-57-59(53,54)56-44-43-50(3,4)5)58-49(52)42-40-38-36-34-32-30-27-23-21-19-17-15-13-11-9-7-2/h8,10,14,16,20,22,25-26,29,31,47H,6-7,9,11-13,15,17-19,21,23-24,27-28,30,32-46H2,1-5H3/p+1/b10-8+,16-14+,22-20+,26-25+,31-29+/t47-/m1/s1. The van der Waals surface area contributed by atoms with E-state index >= 15 is 0 Å². The van der Waals surface area contributed by atoms with Crippen molar-refractivity contribution in [1.29, 1.82) is 0 Å². The normalized spacial score (nSPS) is 14.1. The van der Waals surface area contributed by atoms with E-state index in [1.165, 1.54) is 83.5 Å². The molecule has 0 aromatic carbocycles. The number of carbonyl (C=O) groups excluding carboxylic acids is 2. The number of ether oxygens (including phenoxy) is 2. The minimum atomic E-state index is -4.39. The number of likely N-dealkylation sites (N-methyl/N-ethyl adjacent to an activating group) is 1. The molecule has 0 aliphatic carbocycles. The summed E-state index contributed by atoms with van der Waals surface area (Å²) in [6.45, 7) is 4.28. The van der Waals surface area contributed by atoms with Gasteiger partial charge < -0.3 is 18.9 Å². The first-order valence-electron chi connectivity index (χ1n) is 23.5. The van der Waals surface area contributed by atoms with E-state index in [9.17, 15) is 19.0 Å². The molecule has 0 spiro atoms. The van der Waals surface area contributed by atoms with E-state index in [2.05, 4.69) is 74.6 Å². The van der Waals surface area contributed by atoms with Gasteiger partial charge in [-0.15, -0.1) is 0 Å². The van der Waals surface area contributed by atoms with Crippen LogP contribution in [0.1, 0.15) is 187 Å². The van der Waals surface area contributed by atoms with Gasteiger partial charge >= 0.3 is 19.8 Å². The lowest BCUT2D eigenvalue weighted by molar-refractivity contribution is -0.870. The van der Waals surface area contributed by atoms with Gasteiger partial charge in [0, 0.05) is 12.8 Å². The smallest absolute Gasteiger partial charge is 0.462 e. The molecule has 0 heterocycles. The summed E-state index contributed by atoms with van der Waals surface area (Å²) in [5, 5.41) is 0. The number of allylic oxidation sites excluding steroid dienone is 10. The Balaban J connectivity index is 4.38. The average Bonchev–Trinajstić information content (AvgIpc) is 3.19. The molecule has 0 saturated heterocycles. The molecule has 0 aliphatic heterocycles. The van der Waals surface area contributed by atoms with Crippen molar-refractivity contribution in [2.45, 2.75) is 193 Å². The third-order valence-corrected chi connectivity index (χ3v) is 10.8. The Morgan fingerprint density at radius 1 is 0.542 bits per heavy atom. The second-order valence-corrected chi connectivity index (χ2v) is 18.2. The summed E-state index contributed by atoms with van der Waals surface area (Å²) in [5.74, 6) is -0.834. The molecule has 1 N–H and O–H groups in total. The molecular formula is C49H89NO8P+. The van der Waals surface area contributed by atoms with Crippen LogP contribution in [-0.2, 0) is 32.7 Å². The number of phosphoric ester groups is 1. The second-order valence-electron chi connectivity index (χ2n) is 16.8. The number of hydrogen-bond acceptors (Lipinski definition) is 7. The number of nitrogens with zero attached hydrogens (tertiary/aromatic N) is 1. The maximum atomic E-state index is 12.7. The molecule has 10 heteroatoms. The number of phosphoric acid groups is 1. The summed E-state index contributed by atoms with van der Waals surface area (Å²) in [6.07, 6.45) is 49.8. The second kappa shape index (κ2) is 41.1. The van der Waals surface area contributed by atoms with Crippen LogP contribution in [0.2, 0.25) is 0 Å². The van der Waals surface area contributed by atoms with Crippen LogP contribution >= 0.6 is 7.82 Å². The van der Waals surface area contributed by atoms with E-state index in [4.69, 9.17) is 18.5 Å². The van der Waals surface area contributed by atoms with E-state index in [1.807, 2.05) is 21.1 Å². The van der Waals surface area contributed by atoms with E-state index in [-0.39, 0.29) is 26.1 Å². The van der Waals surface area contributed by atoms with Crippen LogP contribution in [0.15, 0.2) is 60.8 Å². The van der Waals surface area contributed by atoms with E-state index in [0.29, 0.717) is 23.9 Å². The van der Waals surface area contributed by atoms with Gasteiger partial charge in [-0.05, 0) is 57.8 Å². The average molecular weight is 851 g/mol. The van der Waals surface area contributed by atoms with Gasteiger partial charge in [0.2, 0.25) is 0 Å². The molecule has 9 nitrogen and oxygen atoms in total. The van der Waals surface area contributed by atoms with E-state index in [1.54, 1.807) is 0 Å². The van der Waals surface area contributed by atoms with Crippen LogP contribution in [0.4, 0.5) is 0 Å². The molecule has 0 aromatic heterocycles. The Hall–Kier alpha value is -2.29. The van der Waals surface area contributed by atoms with Gasteiger partial charge in [0.25, 0.3) is 0 Å². The largest absolute Gasteiger partial charge is 0.472 e. The number of unbranched alkanes of at least 4 members (excludes halogenated alkanes) is 18. The monoisotopic (exact) mass is 851 g/mol. The van der Waals surface area contributed by atoms with Gasteiger partial charge in [-0.2, -0.15) is 0 Å². The Morgan fingerprint density at radius 3 is 1.44 bits per heavy atom. The maximum Gasteiger partial charge on any atom is 0.472 e. The molecule has 0 bridgehead atoms. The molecular weight excluding hydrogens is 762 g/mol. The molecule has 0 saturated carbocycles. The van der Waals surface area contributed by atoms with Gasteiger partial charge in [0.05, 0.1) is 27.7 Å². The van der Waals surface area contributed by atoms with Crippen LogP contribution in [0.5, 0.6) is 0 Å². The predicted octanol–water partition coefficient (Wildman–Crippen LogP) is 13.6. The van der Waals surface area contributed by atoms with Gasteiger partial charge in [0.1, 0.15) is 19.8 Å². The van der Waals surface area contributed by atoms with Crippen LogP contribution < -0.4 is 0 Å². The summed E-state index contributed by atoms with van der Waals surface area (Å²) in [4.78, 5) is 35.4. The highest BCUT2D eigenvalue weighted by molar-refractivity contribution is 7.47. The first kappa shape index (κ1) is 56.7. The lowest BCUT2D eigenvalue weighted by Crippen LogP contribution is -2.37. The summed E-state index contributed by atoms with van der Waals surface area (Å²) < 4.78 is 34.3. The number of carbonyl (C=O) groups is 2. The molecule has 59 heavy (non-hydrogen) atoms. The van der Waals surface area contributed by atoms with Crippen molar-refractivity contribution in [2.75, 3.05) is 47.5 Å². The minimum Gasteiger partial charge on any atom is -0.462 e. The highest BCUT2D eigenvalue weighted by Crippen LogP contribution is 2.43. The quantitative estimate of drug-likeness (QED) is 0.0213. The lowest BCUT2D eigenvalue weighted by atomic mass is 10.0. The third-order valence-electron chi connectivity index (χ3n) is 9.81. The first-order valence-corrected chi connectivity index (χ1v) is 25.0. The summed E-state index contributed by atoms with van der Waals surface area (Å²) in [6, 6.07) is 0. The minimum absolute atomic E-state index is 0.0249. The predicted molar refractivity (Wildman–Crippen MR) is 247 cm³/mol. The maximum absolute atomic E-state index is 12.7. The zero-order valence-corrected chi connectivity index (χ0v) is 39.4. The molecule has 0 rings (SSSR count). The van der Waals surface area contributed by atoms with Crippen molar-refractivity contribution in [1.82, 2.24) is 0 Å². The van der Waals surface area contributed by atoms with Gasteiger partial charge in [0.15, 0.2) is 6.10 Å². The van der Waals surface area contributed by atoms with Crippen LogP contribution in [0, 0.1) is 0 Å². The van der Waals surface area contributed by atoms with Crippen LogP contribution in [0.3, 0.4) is 0 Å². The van der Waals surface area contributed by atoms with Crippen LogP contribution in [-0.4, -0.2) is 74.9 Å². The highest BCUT2D eigenvalue weighted by Gasteiger charge is 2.27. The van der Waals surface area contributed by atoms with Gasteiger partial charge in [-0.3, -0.25) is 18.6 Å². The number of rotatable bonds is 42. The fourth-order valence-corrected chi connectivity index (χ4v) is 6.90. The van der Waals surface area contributed by atoms with E-state index < -0.39 is 32.5 Å². The summed E-state index contributed by atoms with van der Waals surface area (Å²) in [5.41, 5.74) is 0. The Bertz CT molecular complexity index is 1190. The Morgan fingerprint density at radius 2 is 0.966 bits per heavy atom. The van der Waals surface area contributed by atoms with Crippen molar-refractivity contribution in [3.05, 3.63) is 60.8 Å². The van der Waals surface area contributed by atoms with Crippen molar-refractivity contribution in [3.63, 3.8) is 0 Å². The molecule has 0 radical (unpaired) electrons. The van der Waals surface area contributed by atoms with Gasteiger partial charge in [-0.1, -0.05) is 177 Å². The molecule has 342 valence electrons. The van der Waals surface area contributed by atoms with Crippen molar-refractivity contribution in [3.8, 4) is 0 Å². The third kappa shape index (κ3) is 45.1.